The molecule has 4 rings (SSSR count). The van der Waals surface area contributed by atoms with Gasteiger partial charge in [0.25, 0.3) is 5.91 Å². The molecular formula is C22H23ClN2O3. The normalized spacial score (nSPS) is 18.8. The summed E-state index contributed by atoms with van der Waals surface area (Å²) in [6, 6.07) is 12.8. The second-order valence-electron chi connectivity index (χ2n) is 7.35. The molecule has 1 unspecified atom stereocenters. The molecule has 0 radical (unpaired) electrons. The van der Waals surface area contributed by atoms with Crippen molar-refractivity contribution in [2.24, 2.45) is 5.92 Å². The number of anilines is 1. The number of benzene rings is 2. The van der Waals surface area contributed by atoms with Crippen LogP contribution in [0.2, 0.25) is 5.02 Å². The zero-order valence-corrected chi connectivity index (χ0v) is 16.4. The first kappa shape index (κ1) is 18.8. The SMILES string of the molecule is O=C(Nc1cc(Cl)ccc1C(=O)N1CCCCC1)C1COc2ccccc2C1. The van der Waals surface area contributed by atoms with Crippen LogP contribution in [-0.2, 0) is 11.2 Å². The lowest BCUT2D eigenvalue weighted by atomic mass is 9.96. The first-order valence-electron chi connectivity index (χ1n) is 9.72. The maximum absolute atomic E-state index is 13.0. The Hall–Kier alpha value is -2.53. The molecule has 1 atom stereocenters. The summed E-state index contributed by atoms with van der Waals surface area (Å²) in [6.07, 6.45) is 3.79. The molecule has 2 amide bonds. The monoisotopic (exact) mass is 398 g/mol. The van der Waals surface area contributed by atoms with Gasteiger partial charge in [-0.15, -0.1) is 0 Å². The van der Waals surface area contributed by atoms with Gasteiger partial charge >= 0.3 is 0 Å². The van der Waals surface area contributed by atoms with Crippen molar-refractivity contribution in [3.63, 3.8) is 0 Å². The summed E-state index contributed by atoms with van der Waals surface area (Å²) in [5.41, 5.74) is 1.97. The second kappa shape index (κ2) is 8.23. The Morgan fingerprint density at radius 1 is 1.07 bits per heavy atom. The fourth-order valence-corrected chi connectivity index (χ4v) is 3.98. The van der Waals surface area contributed by atoms with Crippen molar-refractivity contribution in [3.05, 3.63) is 58.6 Å². The summed E-state index contributed by atoms with van der Waals surface area (Å²) in [7, 11) is 0. The minimum atomic E-state index is -0.313. The lowest BCUT2D eigenvalue weighted by Crippen LogP contribution is -2.37. The van der Waals surface area contributed by atoms with E-state index in [9.17, 15) is 9.59 Å². The number of hydrogen-bond acceptors (Lipinski definition) is 3. The van der Waals surface area contributed by atoms with E-state index >= 15 is 0 Å². The Labute approximate surface area is 169 Å². The highest BCUT2D eigenvalue weighted by molar-refractivity contribution is 6.31. The third-order valence-corrected chi connectivity index (χ3v) is 5.60. The molecule has 2 aliphatic heterocycles. The molecule has 2 heterocycles. The lowest BCUT2D eigenvalue weighted by Gasteiger charge is -2.28. The minimum Gasteiger partial charge on any atom is -0.492 e. The van der Waals surface area contributed by atoms with Gasteiger partial charge in [0.1, 0.15) is 12.4 Å². The molecule has 146 valence electrons. The van der Waals surface area contributed by atoms with Crippen LogP contribution in [0.15, 0.2) is 42.5 Å². The summed E-state index contributed by atoms with van der Waals surface area (Å²) < 4.78 is 5.73. The van der Waals surface area contributed by atoms with Gasteiger partial charge in [0, 0.05) is 18.1 Å². The number of piperidine rings is 1. The molecule has 2 aromatic carbocycles. The highest BCUT2D eigenvalue weighted by Gasteiger charge is 2.28. The molecule has 0 aromatic heterocycles. The van der Waals surface area contributed by atoms with E-state index in [1.165, 1.54) is 0 Å². The number of halogens is 1. The first-order chi connectivity index (χ1) is 13.6. The fraction of sp³-hybridized carbons (Fsp3) is 0.364. The van der Waals surface area contributed by atoms with Crippen LogP contribution in [0.1, 0.15) is 35.2 Å². The van der Waals surface area contributed by atoms with E-state index in [4.69, 9.17) is 16.3 Å². The predicted octanol–water partition coefficient (Wildman–Crippen LogP) is 4.16. The molecule has 0 spiro atoms. The summed E-state index contributed by atoms with van der Waals surface area (Å²) >= 11 is 6.14. The topological polar surface area (TPSA) is 58.6 Å². The number of hydrogen-bond donors (Lipinski definition) is 1. The van der Waals surface area contributed by atoms with Gasteiger partial charge in [-0.2, -0.15) is 0 Å². The molecule has 1 saturated heterocycles. The highest BCUT2D eigenvalue weighted by atomic mass is 35.5. The molecule has 0 saturated carbocycles. The molecule has 0 bridgehead atoms. The quantitative estimate of drug-likeness (QED) is 0.844. The van der Waals surface area contributed by atoms with Gasteiger partial charge in [0.15, 0.2) is 0 Å². The Morgan fingerprint density at radius 3 is 2.68 bits per heavy atom. The Morgan fingerprint density at radius 2 is 1.86 bits per heavy atom. The average Bonchev–Trinajstić information content (AvgIpc) is 2.73. The number of nitrogens with one attached hydrogen (secondary N) is 1. The highest BCUT2D eigenvalue weighted by Crippen LogP contribution is 2.29. The largest absolute Gasteiger partial charge is 0.492 e. The Kier molecular flexibility index (Phi) is 5.53. The van der Waals surface area contributed by atoms with Crippen molar-refractivity contribution in [1.82, 2.24) is 4.90 Å². The van der Waals surface area contributed by atoms with Crippen molar-refractivity contribution >= 4 is 29.1 Å². The molecular weight excluding hydrogens is 376 g/mol. The van der Waals surface area contributed by atoms with Gasteiger partial charge in [-0.3, -0.25) is 9.59 Å². The number of amides is 2. The summed E-state index contributed by atoms with van der Waals surface area (Å²) in [5, 5.41) is 3.40. The summed E-state index contributed by atoms with van der Waals surface area (Å²) in [6.45, 7) is 1.82. The second-order valence-corrected chi connectivity index (χ2v) is 7.79. The van der Waals surface area contributed by atoms with Gasteiger partial charge < -0.3 is 15.0 Å². The van der Waals surface area contributed by atoms with E-state index < -0.39 is 0 Å². The van der Waals surface area contributed by atoms with Crippen molar-refractivity contribution < 1.29 is 14.3 Å². The first-order valence-corrected chi connectivity index (χ1v) is 10.1. The Bertz CT molecular complexity index is 893. The number of ether oxygens (including phenoxy) is 1. The number of carbonyl (C=O) groups is 2. The predicted molar refractivity (Wildman–Crippen MR) is 109 cm³/mol. The number of nitrogens with zero attached hydrogens (tertiary/aromatic N) is 1. The van der Waals surface area contributed by atoms with Crippen molar-refractivity contribution in [1.29, 1.82) is 0 Å². The average molecular weight is 399 g/mol. The molecule has 1 N–H and O–H groups in total. The van der Waals surface area contributed by atoms with Gasteiger partial charge in [-0.05, 0) is 55.5 Å². The van der Waals surface area contributed by atoms with Crippen LogP contribution < -0.4 is 10.1 Å². The maximum Gasteiger partial charge on any atom is 0.255 e. The number of likely N-dealkylation sites (tertiary alicyclic amines) is 1. The van der Waals surface area contributed by atoms with E-state index in [0.717, 1.165) is 43.7 Å². The number of rotatable bonds is 3. The number of carbonyl (C=O) groups excluding carboxylic acids is 2. The molecule has 6 heteroatoms. The van der Waals surface area contributed by atoms with Crippen LogP contribution in [0.5, 0.6) is 5.75 Å². The lowest BCUT2D eigenvalue weighted by molar-refractivity contribution is -0.121. The molecule has 2 aromatic rings. The van der Waals surface area contributed by atoms with Crippen LogP contribution in [-0.4, -0.2) is 36.4 Å². The van der Waals surface area contributed by atoms with E-state index in [1.54, 1.807) is 18.2 Å². The van der Waals surface area contributed by atoms with E-state index in [0.29, 0.717) is 29.3 Å². The maximum atomic E-state index is 13.0. The fourth-order valence-electron chi connectivity index (χ4n) is 3.80. The summed E-state index contributed by atoms with van der Waals surface area (Å²) in [4.78, 5) is 27.7. The number of fused-ring (bicyclic) bond motifs is 1. The van der Waals surface area contributed by atoms with Crippen LogP contribution in [0.4, 0.5) is 5.69 Å². The van der Waals surface area contributed by atoms with Crippen LogP contribution in [0, 0.1) is 5.92 Å². The molecule has 0 aliphatic carbocycles. The zero-order valence-electron chi connectivity index (χ0n) is 15.6. The summed E-state index contributed by atoms with van der Waals surface area (Å²) in [5.74, 6) is 0.295. The minimum absolute atomic E-state index is 0.0584. The van der Waals surface area contributed by atoms with Crippen LogP contribution >= 0.6 is 11.6 Å². The van der Waals surface area contributed by atoms with Gasteiger partial charge in [0.05, 0.1) is 17.2 Å². The van der Waals surface area contributed by atoms with E-state index in [1.807, 2.05) is 29.2 Å². The van der Waals surface area contributed by atoms with Gasteiger partial charge in [0.2, 0.25) is 5.91 Å². The van der Waals surface area contributed by atoms with Gasteiger partial charge in [-0.25, -0.2) is 0 Å². The zero-order chi connectivity index (χ0) is 19.5. The third kappa shape index (κ3) is 3.99. The molecule has 2 aliphatic rings. The van der Waals surface area contributed by atoms with E-state index in [-0.39, 0.29) is 17.7 Å². The molecule has 1 fully saturated rings. The smallest absolute Gasteiger partial charge is 0.255 e. The van der Waals surface area contributed by atoms with Crippen LogP contribution in [0.25, 0.3) is 0 Å². The van der Waals surface area contributed by atoms with Crippen molar-refractivity contribution in [3.8, 4) is 5.75 Å². The van der Waals surface area contributed by atoms with Crippen molar-refractivity contribution in [2.45, 2.75) is 25.7 Å². The molecule has 5 nitrogen and oxygen atoms in total. The third-order valence-electron chi connectivity index (χ3n) is 5.36. The Balaban J connectivity index is 1.52. The van der Waals surface area contributed by atoms with Crippen LogP contribution in [0.3, 0.4) is 0 Å². The molecule has 28 heavy (non-hydrogen) atoms. The number of para-hydroxylation sites is 1. The van der Waals surface area contributed by atoms with Crippen molar-refractivity contribution in [2.75, 3.05) is 25.0 Å². The standard InChI is InChI=1S/C22H23ClN2O3/c23-17-8-9-18(22(27)25-10-4-1-5-11-25)19(13-17)24-21(26)16-12-15-6-2-3-7-20(15)28-14-16/h2-3,6-9,13,16H,1,4-5,10-12,14H2,(H,24,26). The van der Waals surface area contributed by atoms with Gasteiger partial charge in [-0.1, -0.05) is 29.8 Å². The van der Waals surface area contributed by atoms with E-state index in [2.05, 4.69) is 5.32 Å².